The third kappa shape index (κ3) is 3.07. The topological polar surface area (TPSA) is 49.4 Å². The molecule has 1 N–H and O–H groups in total. The molecule has 4 nitrogen and oxygen atoms in total. The van der Waals surface area contributed by atoms with E-state index >= 15 is 0 Å². The van der Waals surface area contributed by atoms with Crippen LogP contribution in [0.5, 0.6) is 0 Å². The highest BCUT2D eigenvalue weighted by atomic mass is 127. The fourth-order valence-corrected chi connectivity index (χ4v) is 3.07. The van der Waals surface area contributed by atoms with Crippen LogP contribution in [0.15, 0.2) is 24.3 Å². The molecule has 0 bridgehead atoms. The van der Waals surface area contributed by atoms with Gasteiger partial charge in [0.05, 0.1) is 0 Å². The summed E-state index contributed by atoms with van der Waals surface area (Å²) in [4.78, 5) is 26.8. The number of piperazine rings is 1. The summed E-state index contributed by atoms with van der Waals surface area (Å²) in [5.74, 6) is -0.0399. The number of rotatable bonds is 4. The van der Waals surface area contributed by atoms with Gasteiger partial charge in [0.25, 0.3) is 0 Å². The van der Waals surface area contributed by atoms with Crippen LogP contribution in [-0.4, -0.2) is 28.3 Å². The zero-order chi connectivity index (χ0) is 15.6. The predicted octanol–water partition coefficient (Wildman–Crippen LogP) is 2.70. The molecule has 1 aromatic carbocycles. The van der Waals surface area contributed by atoms with Crippen LogP contribution in [0.1, 0.15) is 39.2 Å². The fourth-order valence-electron chi connectivity index (χ4n) is 2.71. The summed E-state index contributed by atoms with van der Waals surface area (Å²) in [5.41, 5.74) is 0.304. The molecule has 2 amide bonds. The first-order valence-electron chi connectivity index (χ1n) is 7.31. The van der Waals surface area contributed by atoms with E-state index < -0.39 is 11.6 Å². The molecule has 5 heteroatoms. The molecular weight excluding hydrogens is 379 g/mol. The Morgan fingerprint density at radius 1 is 1.19 bits per heavy atom. The normalized spacial score (nSPS) is 21.3. The van der Waals surface area contributed by atoms with Crippen molar-refractivity contribution in [2.75, 3.05) is 0 Å². The fraction of sp³-hybridized carbons (Fsp3) is 0.500. The minimum atomic E-state index is -0.743. The molecule has 1 unspecified atom stereocenters. The summed E-state index contributed by atoms with van der Waals surface area (Å²) in [5, 5.41) is 2.92. The van der Waals surface area contributed by atoms with Crippen LogP contribution in [0, 0.1) is 3.57 Å². The van der Waals surface area contributed by atoms with Gasteiger partial charge >= 0.3 is 0 Å². The number of nitrogens with one attached hydrogen (secondary N) is 1. The van der Waals surface area contributed by atoms with Gasteiger partial charge in [0.2, 0.25) is 11.8 Å². The van der Waals surface area contributed by atoms with Crippen molar-refractivity contribution in [3.8, 4) is 0 Å². The average molecular weight is 400 g/mol. The smallest absolute Gasteiger partial charge is 0.249 e. The molecule has 1 aromatic rings. The third-order valence-corrected chi connectivity index (χ3v) is 5.07. The van der Waals surface area contributed by atoms with Gasteiger partial charge < -0.3 is 10.2 Å². The maximum atomic E-state index is 12.8. The molecule has 21 heavy (non-hydrogen) atoms. The van der Waals surface area contributed by atoms with Crippen molar-refractivity contribution in [3.05, 3.63) is 33.4 Å². The van der Waals surface area contributed by atoms with Gasteiger partial charge in [-0.2, -0.15) is 0 Å². The van der Waals surface area contributed by atoms with Gasteiger partial charge in [-0.1, -0.05) is 26.0 Å². The Labute approximate surface area is 139 Å². The number of halogens is 1. The summed E-state index contributed by atoms with van der Waals surface area (Å²) in [6.07, 6.45) is 1.23. The molecule has 0 saturated carbocycles. The van der Waals surface area contributed by atoms with Crippen LogP contribution < -0.4 is 5.32 Å². The van der Waals surface area contributed by atoms with Gasteiger partial charge in [-0.25, -0.2) is 0 Å². The van der Waals surface area contributed by atoms with Gasteiger partial charge in [0, 0.05) is 10.1 Å². The number of benzene rings is 1. The van der Waals surface area contributed by atoms with E-state index in [1.54, 1.807) is 11.8 Å². The number of carbonyl (C=O) groups is 2. The van der Waals surface area contributed by atoms with Gasteiger partial charge in [-0.05, 0) is 60.1 Å². The lowest BCUT2D eigenvalue weighted by molar-refractivity contribution is -0.155. The van der Waals surface area contributed by atoms with Crippen LogP contribution in [0.2, 0.25) is 0 Å². The van der Waals surface area contributed by atoms with E-state index in [0.29, 0.717) is 19.4 Å². The standard InChI is InChI=1S/C16H21IN2O2/c1-4-16(5-2)15(21)19(11(3)14(20)18-16)10-12-6-8-13(17)9-7-12/h6-9,11H,4-5,10H2,1-3H3,(H,18,20). The summed E-state index contributed by atoms with van der Waals surface area (Å²) in [6, 6.07) is 7.62. The molecular formula is C16H21IN2O2. The number of nitrogens with zero attached hydrogens (tertiary/aromatic N) is 1. The first-order valence-corrected chi connectivity index (χ1v) is 8.39. The van der Waals surface area contributed by atoms with E-state index in [2.05, 4.69) is 27.9 Å². The molecule has 0 aliphatic carbocycles. The summed E-state index contributed by atoms with van der Waals surface area (Å²) in [6.45, 7) is 6.16. The number of carbonyl (C=O) groups excluding carboxylic acids is 2. The van der Waals surface area contributed by atoms with Crippen molar-refractivity contribution in [1.82, 2.24) is 10.2 Å². The third-order valence-electron chi connectivity index (χ3n) is 4.35. The lowest BCUT2D eigenvalue weighted by Crippen LogP contribution is -2.69. The van der Waals surface area contributed by atoms with Gasteiger partial charge in [0.1, 0.15) is 11.6 Å². The highest BCUT2D eigenvalue weighted by Crippen LogP contribution is 2.26. The molecule has 2 rings (SSSR count). The molecule has 114 valence electrons. The van der Waals surface area contributed by atoms with E-state index in [0.717, 1.165) is 9.13 Å². The molecule has 1 heterocycles. The number of amides is 2. The molecule has 1 atom stereocenters. The Bertz CT molecular complexity index is 538. The maximum absolute atomic E-state index is 12.8. The molecule has 0 radical (unpaired) electrons. The quantitative estimate of drug-likeness (QED) is 0.791. The highest BCUT2D eigenvalue weighted by molar-refractivity contribution is 14.1. The maximum Gasteiger partial charge on any atom is 0.249 e. The van der Waals surface area contributed by atoms with Crippen LogP contribution in [0.25, 0.3) is 0 Å². The minimum Gasteiger partial charge on any atom is -0.340 e. The van der Waals surface area contributed by atoms with E-state index in [4.69, 9.17) is 0 Å². The SMILES string of the molecule is CCC1(CC)NC(=O)C(C)N(Cc2ccc(I)cc2)C1=O. The molecule has 0 aromatic heterocycles. The van der Waals surface area contributed by atoms with Crippen molar-refractivity contribution in [2.24, 2.45) is 0 Å². The van der Waals surface area contributed by atoms with Crippen LogP contribution in [0.4, 0.5) is 0 Å². The van der Waals surface area contributed by atoms with Crippen LogP contribution >= 0.6 is 22.6 Å². The largest absolute Gasteiger partial charge is 0.340 e. The van der Waals surface area contributed by atoms with E-state index in [9.17, 15) is 9.59 Å². The molecule has 1 saturated heterocycles. The number of hydrogen-bond donors (Lipinski definition) is 1. The Hall–Kier alpha value is -1.11. The van der Waals surface area contributed by atoms with Gasteiger partial charge in [-0.15, -0.1) is 0 Å². The lowest BCUT2D eigenvalue weighted by Gasteiger charge is -2.44. The van der Waals surface area contributed by atoms with E-state index in [1.165, 1.54) is 0 Å². The Morgan fingerprint density at radius 2 is 1.76 bits per heavy atom. The summed E-state index contributed by atoms with van der Waals surface area (Å²) in [7, 11) is 0. The van der Waals surface area contributed by atoms with Crippen LogP contribution in [-0.2, 0) is 16.1 Å². The van der Waals surface area contributed by atoms with Crippen molar-refractivity contribution in [1.29, 1.82) is 0 Å². The van der Waals surface area contributed by atoms with Crippen molar-refractivity contribution in [3.63, 3.8) is 0 Å². The first kappa shape index (κ1) is 16.3. The predicted molar refractivity (Wildman–Crippen MR) is 90.6 cm³/mol. The Balaban J connectivity index is 2.28. The van der Waals surface area contributed by atoms with Crippen LogP contribution in [0.3, 0.4) is 0 Å². The Morgan fingerprint density at radius 3 is 2.29 bits per heavy atom. The average Bonchev–Trinajstić information content (AvgIpc) is 2.49. The van der Waals surface area contributed by atoms with Crippen molar-refractivity contribution in [2.45, 2.75) is 51.7 Å². The van der Waals surface area contributed by atoms with Crippen molar-refractivity contribution < 1.29 is 9.59 Å². The van der Waals surface area contributed by atoms with E-state index in [-0.39, 0.29) is 11.8 Å². The zero-order valence-corrected chi connectivity index (χ0v) is 14.8. The zero-order valence-electron chi connectivity index (χ0n) is 12.6. The van der Waals surface area contributed by atoms with Gasteiger partial charge in [-0.3, -0.25) is 9.59 Å². The summed E-state index contributed by atoms with van der Waals surface area (Å²) >= 11 is 2.25. The minimum absolute atomic E-state index is 0.0261. The number of hydrogen-bond acceptors (Lipinski definition) is 2. The second kappa shape index (κ2) is 6.34. The second-order valence-corrected chi connectivity index (χ2v) is 6.76. The van der Waals surface area contributed by atoms with E-state index in [1.807, 2.05) is 38.1 Å². The highest BCUT2D eigenvalue weighted by Gasteiger charge is 2.47. The summed E-state index contributed by atoms with van der Waals surface area (Å²) < 4.78 is 1.16. The molecule has 1 aliphatic heterocycles. The second-order valence-electron chi connectivity index (χ2n) is 5.51. The monoisotopic (exact) mass is 400 g/mol. The van der Waals surface area contributed by atoms with Gasteiger partial charge in [0.15, 0.2) is 0 Å². The molecule has 1 fully saturated rings. The molecule has 0 spiro atoms. The molecule has 1 aliphatic rings. The first-order chi connectivity index (χ1) is 9.93. The van der Waals surface area contributed by atoms with Crippen molar-refractivity contribution >= 4 is 34.4 Å². The Kier molecular flexibility index (Phi) is 4.91. The lowest BCUT2D eigenvalue weighted by atomic mass is 9.87.